The van der Waals surface area contributed by atoms with Crippen molar-refractivity contribution in [2.75, 3.05) is 13.6 Å². The SMILES string of the molecule is CCc1cnc(CCNC(=NC)NCc2csc(-c3ccccc3)n2)s1. The molecule has 0 atom stereocenters. The first-order valence-electron chi connectivity index (χ1n) is 8.66. The number of hydrogen-bond acceptors (Lipinski definition) is 5. The molecule has 0 aliphatic carbocycles. The summed E-state index contributed by atoms with van der Waals surface area (Å²) in [6.45, 7) is 3.62. The van der Waals surface area contributed by atoms with Crippen molar-refractivity contribution in [3.8, 4) is 10.6 Å². The molecule has 2 aromatic heterocycles. The van der Waals surface area contributed by atoms with Crippen LogP contribution in [0.2, 0.25) is 0 Å². The van der Waals surface area contributed by atoms with Crippen molar-refractivity contribution >= 4 is 28.6 Å². The second-order valence-corrected chi connectivity index (χ2v) is 7.74. The molecule has 136 valence electrons. The highest BCUT2D eigenvalue weighted by molar-refractivity contribution is 7.13. The van der Waals surface area contributed by atoms with E-state index >= 15 is 0 Å². The number of rotatable bonds is 7. The number of thiazole rings is 2. The Morgan fingerprint density at radius 2 is 2.04 bits per heavy atom. The lowest BCUT2D eigenvalue weighted by molar-refractivity contribution is 0.784. The summed E-state index contributed by atoms with van der Waals surface area (Å²) < 4.78 is 0. The third-order valence-corrected chi connectivity index (χ3v) is 5.96. The van der Waals surface area contributed by atoms with E-state index < -0.39 is 0 Å². The molecule has 0 aliphatic heterocycles. The van der Waals surface area contributed by atoms with Gasteiger partial charge in [0.25, 0.3) is 0 Å². The summed E-state index contributed by atoms with van der Waals surface area (Å²) in [7, 11) is 1.78. The Bertz CT molecular complexity index is 839. The largest absolute Gasteiger partial charge is 0.356 e. The Balaban J connectivity index is 1.46. The van der Waals surface area contributed by atoms with E-state index in [9.17, 15) is 0 Å². The van der Waals surface area contributed by atoms with Gasteiger partial charge in [-0.1, -0.05) is 37.3 Å². The molecule has 0 aliphatic rings. The zero-order valence-electron chi connectivity index (χ0n) is 15.0. The van der Waals surface area contributed by atoms with Gasteiger partial charge >= 0.3 is 0 Å². The minimum atomic E-state index is 0.653. The maximum atomic E-state index is 4.69. The van der Waals surface area contributed by atoms with Crippen LogP contribution in [0.4, 0.5) is 0 Å². The predicted octanol–water partition coefficient (Wildman–Crippen LogP) is 3.74. The maximum absolute atomic E-state index is 4.69. The van der Waals surface area contributed by atoms with Gasteiger partial charge in [-0.05, 0) is 6.42 Å². The highest BCUT2D eigenvalue weighted by atomic mass is 32.1. The molecule has 3 rings (SSSR count). The lowest BCUT2D eigenvalue weighted by atomic mass is 10.2. The quantitative estimate of drug-likeness (QED) is 0.480. The first-order chi connectivity index (χ1) is 12.8. The molecule has 0 unspecified atom stereocenters. The molecular weight excluding hydrogens is 362 g/mol. The number of hydrogen-bond donors (Lipinski definition) is 2. The van der Waals surface area contributed by atoms with Gasteiger partial charge in [0.15, 0.2) is 5.96 Å². The molecule has 7 heteroatoms. The van der Waals surface area contributed by atoms with E-state index in [1.807, 2.05) is 24.4 Å². The Kier molecular flexibility index (Phi) is 6.74. The predicted molar refractivity (Wildman–Crippen MR) is 111 cm³/mol. The lowest BCUT2D eigenvalue weighted by Gasteiger charge is -2.10. The molecule has 1 aromatic carbocycles. The average Bonchev–Trinajstić information content (AvgIpc) is 3.34. The maximum Gasteiger partial charge on any atom is 0.191 e. The molecule has 2 heterocycles. The Hall–Kier alpha value is -2.25. The minimum Gasteiger partial charge on any atom is -0.356 e. The molecule has 26 heavy (non-hydrogen) atoms. The van der Waals surface area contributed by atoms with Crippen LogP contribution in [0.1, 0.15) is 22.5 Å². The van der Waals surface area contributed by atoms with Crippen molar-refractivity contribution in [1.29, 1.82) is 0 Å². The van der Waals surface area contributed by atoms with Crippen molar-refractivity contribution in [3.63, 3.8) is 0 Å². The molecule has 0 bridgehead atoms. The standard InChI is InChI=1S/C19H23N5S2/c1-3-16-12-22-17(26-16)9-10-21-19(20-2)23-11-15-13-25-18(24-15)14-7-5-4-6-8-14/h4-8,12-13H,3,9-11H2,1-2H3,(H2,20,21,23). The van der Waals surface area contributed by atoms with Crippen molar-refractivity contribution < 1.29 is 0 Å². The normalized spacial score (nSPS) is 11.5. The van der Waals surface area contributed by atoms with Crippen molar-refractivity contribution in [1.82, 2.24) is 20.6 Å². The van der Waals surface area contributed by atoms with E-state index in [4.69, 9.17) is 4.98 Å². The molecule has 0 spiro atoms. The van der Waals surface area contributed by atoms with Gasteiger partial charge in [0.1, 0.15) is 5.01 Å². The van der Waals surface area contributed by atoms with Gasteiger partial charge in [-0.15, -0.1) is 22.7 Å². The highest BCUT2D eigenvalue weighted by Crippen LogP contribution is 2.23. The van der Waals surface area contributed by atoms with Crippen LogP contribution < -0.4 is 10.6 Å². The average molecular weight is 386 g/mol. The fourth-order valence-corrected chi connectivity index (χ4v) is 4.10. The van der Waals surface area contributed by atoms with Crippen LogP contribution in [0.3, 0.4) is 0 Å². The topological polar surface area (TPSA) is 62.2 Å². The van der Waals surface area contributed by atoms with Gasteiger partial charge in [-0.25, -0.2) is 9.97 Å². The third kappa shape index (κ3) is 5.12. The molecule has 0 radical (unpaired) electrons. The first kappa shape index (κ1) is 18.5. The Morgan fingerprint density at radius 1 is 1.19 bits per heavy atom. The Morgan fingerprint density at radius 3 is 2.77 bits per heavy atom. The number of aliphatic imine (C=N–C) groups is 1. The van der Waals surface area contributed by atoms with Gasteiger partial charge in [-0.3, -0.25) is 4.99 Å². The van der Waals surface area contributed by atoms with Gasteiger partial charge in [0, 0.05) is 42.0 Å². The van der Waals surface area contributed by atoms with Crippen LogP contribution in [-0.4, -0.2) is 29.5 Å². The fraction of sp³-hybridized carbons (Fsp3) is 0.316. The Labute approximate surface area is 162 Å². The zero-order valence-corrected chi connectivity index (χ0v) is 16.7. The number of aryl methyl sites for hydroxylation is 1. The van der Waals surface area contributed by atoms with Gasteiger partial charge in [0.2, 0.25) is 0 Å². The van der Waals surface area contributed by atoms with Crippen LogP contribution in [0.5, 0.6) is 0 Å². The smallest absolute Gasteiger partial charge is 0.191 e. The number of nitrogens with one attached hydrogen (secondary N) is 2. The summed E-state index contributed by atoms with van der Waals surface area (Å²) in [5, 5.41) is 10.9. The number of guanidine groups is 1. The molecular formula is C19H23N5S2. The number of benzene rings is 1. The van der Waals surface area contributed by atoms with Gasteiger partial charge in [-0.2, -0.15) is 0 Å². The molecule has 0 amide bonds. The summed E-state index contributed by atoms with van der Waals surface area (Å²) in [5.74, 6) is 0.784. The van der Waals surface area contributed by atoms with Crippen LogP contribution in [0.25, 0.3) is 10.6 Å². The summed E-state index contributed by atoms with van der Waals surface area (Å²) in [4.78, 5) is 14.7. The molecule has 5 nitrogen and oxygen atoms in total. The summed E-state index contributed by atoms with van der Waals surface area (Å²) in [5.41, 5.74) is 2.17. The second-order valence-electron chi connectivity index (χ2n) is 5.69. The summed E-state index contributed by atoms with van der Waals surface area (Å²) in [6, 6.07) is 10.3. The molecule has 0 fully saturated rings. The second kappa shape index (κ2) is 9.45. The monoisotopic (exact) mass is 385 g/mol. The van der Waals surface area contributed by atoms with E-state index in [2.05, 4.69) is 45.0 Å². The van der Waals surface area contributed by atoms with Crippen molar-refractivity contribution in [2.45, 2.75) is 26.3 Å². The van der Waals surface area contributed by atoms with E-state index in [1.54, 1.807) is 29.7 Å². The van der Waals surface area contributed by atoms with E-state index in [-0.39, 0.29) is 0 Å². The molecule has 2 N–H and O–H groups in total. The van der Waals surface area contributed by atoms with Crippen LogP contribution in [0.15, 0.2) is 46.9 Å². The molecule has 3 aromatic rings. The fourth-order valence-electron chi connectivity index (χ4n) is 2.41. The van der Waals surface area contributed by atoms with E-state index in [0.717, 1.165) is 46.6 Å². The summed E-state index contributed by atoms with van der Waals surface area (Å²) in [6.07, 6.45) is 3.92. The lowest BCUT2D eigenvalue weighted by Crippen LogP contribution is -2.37. The number of nitrogens with zero attached hydrogens (tertiary/aromatic N) is 3. The highest BCUT2D eigenvalue weighted by Gasteiger charge is 2.06. The van der Waals surface area contributed by atoms with Crippen molar-refractivity contribution in [2.24, 2.45) is 4.99 Å². The van der Waals surface area contributed by atoms with Gasteiger partial charge < -0.3 is 10.6 Å². The van der Waals surface area contributed by atoms with Crippen LogP contribution in [-0.2, 0) is 19.4 Å². The van der Waals surface area contributed by atoms with E-state index in [0.29, 0.717) is 6.54 Å². The van der Waals surface area contributed by atoms with Crippen LogP contribution in [0, 0.1) is 0 Å². The van der Waals surface area contributed by atoms with Crippen molar-refractivity contribution in [3.05, 3.63) is 57.5 Å². The minimum absolute atomic E-state index is 0.653. The summed E-state index contributed by atoms with van der Waals surface area (Å²) >= 11 is 3.45. The zero-order chi connectivity index (χ0) is 18.2. The molecule has 0 saturated carbocycles. The van der Waals surface area contributed by atoms with E-state index in [1.165, 1.54) is 4.88 Å². The molecule has 0 saturated heterocycles. The van der Waals surface area contributed by atoms with Crippen LogP contribution >= 0.6 is 22.7 Å². The first-order valence-corrected chi connectivity index (χ1v) is 10.4. The third-order valence-electron chi connectivity index (χ3n) is 3.81. The number of aromatic nitrogens is 2. The van der Waals surface area contributed by atoms with Gasteiger partial charge in [0.05, 0.1) is 17.2 Å².